The molecule has 126 valence electrons. The van der Waals surface area contributed by atoms with Crippen LogP contribution in [0, 0.1) is 12.7 Å². The molecule has 1 fully saturated rings. The van der Waals surface area contributed by atoms with Crippen LogP contribution < -0.4 is 10.2 Å². The Bertz CT molecular complexity index is 725. The summed E-state index contributed by atoms with van der Waals surface area (Å²) in [4.78, 5) is 14.0. The van der Waals surface area contributed by atoms with Crippen molar-refractivity contribution in [2.24, 2.45) is 0 Å². The minimum absolute atomic E-state index is 0.00686. The van der Waals surface area contributed by atoms with Crippen LogP contribution in [0.4, 0.5) is 10.1 Å². The number of nitrogens with one attached hydrogen (secondary N) is 1. The smallest absolute Gasteiger partial charge is 0.244 e. The van der Waals surface area contributed by atoms with Gasteiger partial charge >= 0.3 is 0 Å². The predicted molar refractivity (Wildman–Crippen MR) is 92.3 cm³/mol. The highest BCUT2D eigenvalue weighted by molar-refractivity contribution is 5.91. The van der Waals surface area contributed by atoms with Gasteiger partial charge in [0.1, 0.15) is 11.6 Å². The minimum atomic E-state index is -0.217. The quantitative estimate of drug-likeness (QED) is 0.874. The van der Waals surface area contributed by atoms with Gasteiger partial charge in [-0.3, -0.25) is 4.79 Å². The summed E-state index contributed by atoms with van der Waals surface area (Å²) in [5.74, 6) is 0.255. The van der Waals surface area contributed by atoms with Gasteiger partial charge in [-0.25, -0.2) is 4.39 Å². The molecule has 1 aromatic carbocycles. The van der Waals surface area contributed by atoms with Gasteiger partial charge in [-0.1, -0.05) is 6.07 Å². The largest absolute Gasteiger partial charge is 0.465 e. The lowest BCUT2D eigenvalue weighted by molar-refractivity contribution is -0.117. The number of halogens is 1. The minimum Gasteiger partial charge on any atom is -0.465 e. The summed E-state index contributed by atoms with van der Waals surface area (Å²) in [6.45, 7) is 3.36. The maximum Gasteiger partial charge on any atom is 0.244 e. The van der Waals surface area contributed by atoms with Gasteiger partial charge in [0.15, 0.2) is 0 Å². The molecule has 0 aliphatic carbocycles. The van der Waals surface area contributed by atoms with Crippen LogP contribution in [0.15, 0.2) is 47.1 Å². The van der Waals surface area contributed by atoms with Crippen LogP contribution >= 0.6 is 0 Å². The second-order valence-electron chi connectivity index (χ2n) is 6.10. The van der Waals surface area contributed by atoms with Crippen LogP contribution in [0.2, 0.25) is 0 Å². The first-order valence-electron chi connectivity index (χ1n) is 8.15. The number of piperidine rings is 1. The van der Waals surface area contributed by atoms with E-state index in [2.05, 4.69) is 5.32 Å². The van der Waals surface area contributed by atoms with E-state index in [1.54, 1.807) is 30.5 Å². The van der Waals surface area contributed by atoms with Crippen molar-refractivity contribution in [3.8, 4) is 0 Å². The molecule has 2 heterocycles. The van der Waals surface area contributed by atoms with Crippen molar-refractivity contribution in [1.29, 1.82) is 0 Å². The average Bonchev–Trinajstić information content (AvgIpc) is 3.09. The van der Waals surface area contributed by atoms with Gasteiger partial charge in [0.25, 0.3) is 0 Å². The van der Waals surface area contributed by atoms with E-state index in [1.807, 2.05) is 17.9 Å². The van der Waals surface area contributed by atoms with Crippen LogP contribution in [-0.4, -0.2) is 25.0 Å². The Hall–Kier alpha value is -2.56. The first-order valence-corrected chi connectivity index (χ1v) is 8.15. The van der Waals surface area contributed by atoms with Crippen molar-refractivity contribution >= 4 is 17.7 Å². The fourth-order valence-electron chi connectivity index (χ4n) is 2.97. The van der Waals surface area contributed by atoms with Crippen molar-refractivity contribution in [1.82, 2.24) is 5.32 Å². The van der Waals surface area contributed by atoms with Crippen molar-refractivity contribution in [2.45, 2.75) is 25.8 Å². The molecule has 0 bridgehead atoms. The molecule has 1 saturated heterocycles. The third kappa shape index (κ3) is 4.04. The van der Waals surface area contributed by atoms with Gasteiger partial charge < -0.3 is 14.6 Å². The number of aryl methyl sites for hydroxylation is 1. The summed E-state index contributed by atoms with van der Waals surface area (Å²) >= 11 is 0. The lowest BCUT2D eigenvalue weighted by atomic mass is 10.0. The maximum atomic E-state index is 14.1. The highest BCUT2D eigenvalue weighted by Gasteiger charge is 2.22. The second-order valence-corrected chi connectivity index (χ2v) is 6.10. The van der Waals surface area contributed by atoms with Crippen LogP contribution in [0.25, 0.3) is 6.08 Å². The Labute approximate surface area is 141 Å². The van der Waals surface area contributed by atoms with E-state index < -0.39 is 0 Å². The number of rotatable bonds is 4. The molecule has 2 aromatic rings. The number of carbonyl (C=O) groups excluding carboxylic acids is 1. The van der Waals surface area contributed by atoms with Crippen molar-refractivity contribution < 1.29 is 13.6 Å². The van der Waals surface area contributed by atoms with Gasteiger partial charge in [-0.2, -0.15) is 0 Å². The molecule has 0 spiro atoms. The molecule has 1 aliphatic heterocycles. The molecule has 1 unspecified atom stereocenters. The average molecular weight is 328 g/mol. The molecule has 1 aliphatic rings. The number of furan rings is 1. The van der Waals surface area contributed by atoms with Gasteiger partial charge in [0, 0.05) is 25.2 Å². The summed E-state index contributed by atoms with van der Waals surface area (Å²) in [6, 6.07) is 8.68. The van der Waals surface area contributed by atoms with Gasteiger partial charge in [0.2, 0.25) is 5.91 Å². The second kappa shape index (κ2) is 7.34. The zero-order valence-corrected chi connectivity index (χ0v) is 13.7. The first kappa shape index (κ1) is 16.3. The van der Waals surface area contributed by atoms with Crippen LogP contribution in [0.3, 0.4) is 0 Å². The number of hydrogen-bond donors (Lipinski definition) is 1. The lowest BCUT2D eigenvalue weighted by Gasteiger charge is -2.35. The molecule has 0 saturated carbocycles. The molecule has 1 atom stereocenters. The fraction of sp³-hybridized carbons (Fsp3) is 0.316. The molecule has 4 nitrogen and oxygen atoms in total. The molecule has 0 radical (unpaired) electrons. The predicted octanol–water partition coefficient (Wildman–Crippen LogP) is 3.53. The zero-order valence-electron chi connectivity index (χ0n) is 13.7. The topological polar surface area (TPSA) is 45.5 Å². The Morgan fingerprint density at radius 2 is 2.29 bits per heavy atom. The molecule has 24 heavy (non-hydrogen) atoms. The van der Waals surface area contributed by atoms with E-state index in [9.17, 15) is 9.18 Å². The van der Waals surface area contributed by atoms with Gasteiger partial charge in [-0.15, -0.1) is 0 Å². The standard InChI is InChI=1S/C19H21FN2O2/c1-14-6-8-17(20)18(12-14)22-10-2-4-15(13-22)21-19(23)9-7-16-5-3-11-24-16/h3,5-9,11-12,15H,2,4,10,13H2,1H3,(H,21,23). The third-order valence-corrected chi connectivity index (χ3v) is 4.15. The van der Waals surface area contributed by atoms with Crippen LogP contribution in [-0.2, 0) is 4.79 Å². The molecule has 1 aromatic heterocycles. The maximum absolute atomic E-state index is 14.1. The summed E-state index contributed by atoms with van der Waals surface area (Å²) < 4.78 is 19.2. The number of carbonyl (C=O) groups is 1. The molecular formula is C19H21FN2O2. The number of benzene rings is 1. The summed E-state index contributed by atoms with van der Waals surface area (Å²) in [5, 5.41) is 2.98. The summed E-state index contributed by atoms with van der Waals surface area (Å²) in [7, 11) is 0. The SMILES string of the molecule is Cc1ccc(F)c(N2CCCC(NC(=O)C=Cc3ccco3)C2)c1. The van der Waals surface area contributed by atoms with E-state index in [-0.39, 0.29) is 17.8 Å². The van der Waals surface area contributed by atoms with E-state index in [1.165, 1.54) is 12.1 Å². The monoisotopic (exact) mass is 328 g/mol. The number of amides is 1. The van der Waals surface area contributed by atoms with E-state index in [0.29, 0.717) is 18.0 Å². The molecular weight excluding hydrogens is 307 g/mol. The highest BCUT2D eigenvalue weighted by Crippen LogP contribution is 2.24. The zero-order chi connectivity index (χ0) is 16.9. The Morgan fingerprint density at radius 3 is 3.08 bits per heavy atom. The van der Waals surface area contributed by atoms with Crippen molar-refractivity contribution in [3.05, 3.63) is 59.8 Å². The molecule has 5 heteroatoms. The molecule has 1 amide bonds. The van der Waals surface area contributed by atoms with Crippen LogP contribution in [0.1, 0.15) is 24.2 Å². The van der Waals surface area contributed by atoms with Gasteiger partial charge in [-0.05, 0) is 55.7 Å². The highest BCUT2D eigenvalue weighted by atomic mass is 19.1. The normalized spacial score (nSPS) is 18.1. The van der Waals surface area contributed by atoms with Crippen molar-refractivity contribution in [2.75, 3.05) is 18.0 Å². The van der Waals surface area contributed by atoms with E-state index in [4.69, 9.17) is 4.42 Å². The van der Waals surface area contributed by atoms with E-state index in [0.717, 1.165) is 24.9 Å². The van der Waals surface area contributed by atoms with E-state index >= 15 is 0 Å². The van der Waals surface area contributed by atoms with Crippen molar-refractivity contribution in [3.63, 3.8) is 0 Å². The summed E-state index contributed by atoms with van der Waals surface area (Å²) in [6.07, 6.45) is 6.47. The number of anilines is 1. The summed E-state index contributed by atoms with van der Waals surface area (Å²) in [5.41, 5.74) is 1.64. The Morgan fingerprint density at radius 1 is 1.42 bits per heavy atom. The molecule has 1 N–H and O–H groups in total. The Kier molecular flexibility index (Phi) is 4.99. The molecule has 3 rings (SSSR count). The van der Waals surface area contributed by atoms with Crippen LogP contribution in [0.5, 0.6) is 0 Å². The first-order chi connectivity index (χ1) is 11.6. The Balaban J connectivity index is 1.61. The van der Waals surface area contributed by atoms with Gasteiger partial charge in [0.05, 0.1) is 12.0 Å². The number of hydrogen-bond acceptors (Lipinski definition) is 3. The third-order valence-electron chi connectivity index (χ3n) is 4.15. The lowest BCUT2D eigenvalue weighted by Crippen LogP contribution is -2.47. The number of nitrogens with zero attached hydrogens (tertiary/aromatic N) is 1. The fourth-order valence-corrected chi connectivity index (χ4v) is 2.97.